The van der Waals surface area contributed by atoms with E-state index in [1.165, 1.54) is 6.07 Å². The molecule has 0 amide bonds. The van der Waals surface area contributed by atoms with Crippen LogP contribution in [0.1, 0.15) is 20.8 Å². The van der Waals surface area contributed by atoms with Crippen LogP contribution in [0.25, 0.3) is 0 Å². The molecule has 1 atom stereocenters. The van der Waals surface area contributed by atoms with Gasteiger partial charge in [-0.25, -0.2) is 13.1 Å². The first kappa shape index (κ1) is 15.5. The molecule has 0 aliphatic heterocycles. The number of rotatable bonds is 4. The predicted octanol–water partition coefficient (Wildman–Crippen LogP) is 3.74. The number of hydrogen-bond donors (Lipinski definition) is 1. The van der Waals surface area contributed by atoms with Crippen LogP contribution in [0.15, 0.2) is 11.0 Å². The molecule has 0 radical (unpaired) electrons. The molecule has 0 spiro atoms. The van der Waals surface area contributed by atoms with Gasteiger partial charge < -0.3 is 0 Å². The van der Waals surface area contributed by atoms with Gasteiger partial charge in [0, 0.05) is 10.9 Å². The van der Waals surface area contributed by atoms with Gasteiger partial charge in [0.1, 0.15) is 9.23 Å². The molecule has 1 N–H and O–H groups in total. The van der Waals surface area contributed by atoms with Crippen molar-refractivity contribution in [1.29, 1.82) is 0 Å². The van der Waals surface area contributed by atoms with Crippen molar-refractivity contribution in [1.82, 2.24) is 4.72 Å². The van der Waals surface area contributed by atoms with Crippen molar-refractivity contribution < 1.29 is 8.42 Å². The normalized spacial score (nSPS) is 14.9. The Labute approximate surface area is 120 Å². The van der Waals surface area contributed by atoms with Gasteiger partial charge in [0.25, 0.3) is 0 Å². The topological polar surface area (TPSA) is 46.2 Å². The Kier molecular flexibility index (Phi) is 4.78. The molecular formula is C9H12Cl3NO2S2. The van der Waals surface area contributed by atoms with Crippen LogP contribution in [0.2, 0.25) is 8.67 Å². The molecule has 0 saturated carbocycles. The molecule has 0 aromatic carbocycles. The van der Waals surface area contributed by atoms with Crippen molar-refractivity contribution >= 4 is 56.2 Å². The van der Waals surface area contributed by atoms with Gasteiger partial charge in [-0.3, -0.25) is 0 Å². The Balaban J connectivity index is 3.10. The molecule has 0 aliphatic carbocycles. The summed E-state index contributed by atoms with van der Waals surface area (Å²) in [6.07, 6.45) is 0. The molecule has 1 aromatic rings. The van der Waals surface area contributed by atoms with Crippen LogP contribution in [-0.4, -0.2) is 19.3 Å². The van der Waals surface area contributed by atoms with Gasteiger partial charge in [0.05, 0.1) is 4.34 Å². The molecule has 1 unspecified atom stereocenters. The SMILES string of the molecule is CC(Cl)C(C)(C)NS(=O)(=O)c1cc(Cl)sc1Cl. The fraction of sp³-hybridized carbons (Fsp3) is 0.556. The minimum absolute atomic E-state index is 0.0143. The van der Waals surface area contributed by atoms with Crippen molar-refractivity contribution in [3.63, 3.8) is 0 Å². The first-order valence-electron chi connectivity index (χ1n) is 4.69. The highest BCUT2D eigenvalue weighted by molar-refractivity contribution is 7.89. The van der Waals surface area contributed by atoms with Crippen LogP contribution in [0.5, 0.6) is 0 Å². The van der Waals surface area contributed by atoms with Crippen molar-refractivity contribution in [2.45, 2.75) is 36.6 Å². The summed E-state index contributed by atoms with van der Waals surface area (Å²) >= 11 is 18.5. The summed E-state index contributed by atoms with van der Waals surface area (Å²) in [5, 5.41) is -0.370. The molecule has 1 rings (SSSR count). The molecule has 0 saturated heterocycles. The average Bonchev–Trinajstić information content (AvgIpc) is 2.43. The third-order valence-electron chi connectivity index (χ3n) is 2.31. The molecule has 8 heteroatoms. The Morgan fingerprint density at radius 3 is 2.29 bits per heavy atom. The van der Waals surface area contributed by atoms with Crippen LogP contribution in [0.3, 0.4) is 0 Å². The molecule has 1 heterocycles. The highest BCUT2D eigenvalue weighted by atomic mass is 35.5. The zero-order valence-electron chi connectivity index (χ0n) is 9.42. The van der Waals surface area contributed by atoms with E-state index in [0.29, 0.717) is 4.34 Å². The Morgan fingerprint density at radius 2 is 1.94 bits per heavy atom. The van der Waals surface area contributed by atoms with Gasteiger partial charge in [0.15, 0.2) is 0 Å². The van der Waals surface area contributed by atoms with Crippen LogP contribution >= 0.6 is 46.1 Å². The van der Waals surface area contributed by atoms with Gasteiger partial charge in [-0.2, -0.15) is 0 Å². The Morgan fingerprint density at radius 1 is 1.41 bits per heavy atom. The van der Waals surface area contributed by atoms with E-state index in [1.54, 1.807) is 20.8 Å². The minimum atomic E-state index is -3.71. The van der Waals surface area contributed by atoms with Crippen LogP contribution < -0.4 is 4.72 Å². The average molecular weight is 337 g/mol. The van der Waals surface area contributed by atoms with Crippen molar-refractivity contribution in [2.24, 2.45) is 0 Å². The fourth-order valence-electron chi connectivity index (χ4n) is 0.991. The van der Waals surface area contributed by atoms with Crippen molar-refractivity contribution in [3.05, 3.63) is 14.7 Å². The lowest BCUT2D eigenvalue weighted by atomic mass is 10.0. The summed E-state index contributed by atoms with van der Waals surface area (Å²) in [7, 11) is -3.71. The van der Waals surface area contributed by atoms with Gasteiger partial charge in [-0.15, -0.1) is 22.9 Å². The van der Waals surface area contributed by atoms with E-state index in [0.717, 1.165) is 11.3 Å². The molecule has 17 heavy (non-hydrogen) atoms. The number of hydrogen-bond acceptors (Lipinski definition) is 3. The maximum Gasteiger partial charge on any atom is 0.243 e. The van der Waals surface area contributed by atoms with E-state index in [2.05, 4.69) is 4.72 Å². The zero-order chi connectivity index (χ0) is 13.4. The van der Waals surface area contributed by atoms with E-state index in [4.69, 9.17) is 34.8 Å². The molecular weight excluding hydrogens is 325 g/mol. The maximum atomic E-state index is 12.1. The number of alkyl halides is 1. The highest BCUT2D eigenvalue weighted by Gasteiger charge is 2.32. The monoisotopic (exact) mass is 335 g/mol. The molecule has 0 aliphatic rings. The predicted molar refractivity (Wildman–Crippen MR) is 74.1 cm³/mol. The lowest BCUT2D eigenvalue weighted by molar-refractivity contribution is 0.445. The second kappa shape index (κ2) is 5.23. The molecule has 0 bridgehead atoms. The van der Waals surface area contributed by atoms with Crippen LogP contribution in [-0.2, 0) is 10.0 Å². The van der Waals surface area contributed by atoms with Crippen LogP contribution in [0, 0.1) is 0 Å². The van der Waals surface area contributed by atoms with Crippen LogP contribution in [0.4, 0.5) is 0 Å². The van der Waals surface area contributed by atoms with Gasteiger partial charge in [-0.05, 0) is 26.8 Å². The standard InChI is InChI=1S/C9H12Cl3NO2S2/c1-5(10)9(2,3)13-17(14,15)6-4-7(11)16-8(6)12/h4-5,13H,1-3H3. The summed E-state index contributed by atoms with van der Waals surface area (Å²) in [6.45, 7) is 5.11. The van der Waals surface area contributed by atoms with E-state index < -0.39 is 15.6 Å². The fourth-order valence-corrected chi connectivity index (χ4v) is 4.74. The lowest BCUT2D eigenvalue weighted by Crippen LogP contribution is -2.48. The number of thiophene rings is 1. The van der Waals surface area contributed by atoms with E-state index in [1.807, 2.05) is 0 Å². The maximum absolute atomic E-state index is 12.1. The van der Waals surface area contributed by atoms with E-state index >= 15 is 0 Å². The van der Waals surface area contributed by atoms with Crippen molar-refractivity contribution in [3.8, 4) is 0 Å². The van der Waals surface area contributed by atoms with Gasteiger partial charge in [-0.1, -0.05) is 23.2 Å². The van der Waals surface area contributed by atoms with E-state index in [9.17, 15) is 8.42 Å². The Hall–Kier alpha value is 0.480. The number of sulfonamides is 1. The lowest BCUT2D eigenvalue weighted by Gasteiger charge is -2.28. The first-order chi connectivity index (χ1) is 7.56. The van der Waals surface area contributed by atoms with Crippen molar-refractivity contribution in [2.75, 3.05) is 0 Å². The number of nitrogens with one attached hydrogen (secondary N) is 1. The largest absolute Gasteiger partial charge is 0.243 e. The quantitative estimate of drug-likeness (QED) is 0.851. The summed E-state index contributed by atoms with van der Waals surface area (Å²) < 4.78 is 27.1. The summed E-state index contributed by atoms with van der Waals surface area (Å²) in [6, 6.07) is 1.33. The minimum Gasteiger partial charge on any atom is -0.207 e. The first-order valence-corrected chi connectivity index (χ1v) is 8.18. The molecule has 0 fully saturated rings. The summed E-state index contributed by atoms with van der Waals surface area (Å²) in [4.78, 5) is -0.0143. The smallest absolute Gasteiger partial charge is 0.207 e. The molecule has 1 aromatic heterocycles. The molecule has 98 valence electrons. The third kappa shape index (κ3) is 3.72. The van der Waals surface area contributed by atoms with Gasteiger partial charge in [0.2, 0.25) is 10.0 Å². The summed E-state index contributed by atoms with van der Waals surface area (Å²) in [5.74, 6) is 0. The summed E-state index contributed by atoms with van der Waals surface area (Å²) in [5.41, 5.74) is -0.780. The second-order valence-electron chi connectivity index (χ2n) is 4.13. The number of halogens is 3. The van der Waals surface area contributed by atoms with E-state index in [-0.39, 0.29) is 14.6 Å². The Bertz CT molecular complexity index is 508. The molecule has 3 nitrogen and oxygen atoms in total. The second-order valence-corrected chi connectivity index (χ2v) is 8.72. The third-order valence-corrected chi connectivity index (χ3v) is 6.28. The zero-order valence-corrected chi connectivity index (χ0v) is 13.3. The van der Waals surface area contributed by atoms with Gasteiger partial charge >= 0.3 is 0 Å². The highest BCUT2D eigenvalue weighted by Crippen LogP contribution is 2.34.